The van der Waals surface area contributed by atoms with Gasteiger partial charge in [-0.3, -0.25) is 0 Å². The van der Waals surface area contributed by atoms with Crippen LogP contribution >= 0.6 is 0 Å². The number of hydrogen-bond donors (Lipinski definition) is 0. The Kier molecular flexibility index (Phi) is 150. The number of rotatable bonds is 0. The average Bonchev–Trinajstić information content (AvgIpc) is 0. The van der Waals surface area contributed by atoms with Gasteiger partial charge in [-0.05, 0) is 0 Å². The first kappa shape index (κ1) is 32.8. The second kappa shape index (κ2) is 18.3. The van der Waals surface area contributed by atoms with Crippen LogP contribution in [-0.2, 0) is 36.5 Å². The topological polar surface area (TPSA) is 31.5 Å². The molecule has 0 atom stereocenters. The van der Waals surface area contributed by atoms with Gasteiger partial charge in [0.1, 0.15) is 0 Å². The van der Waals surface area contributed by atoms with E-state index in [1.54, 1.807) is 0 Å². The van der Waals surface area contributed by atoms with E-state index in [1.807, 2.05) is 0 Å². The zero-order chi connectivity index (χ0) is 0. The SMILES string of the molecule is O.[Ca+2].[H-].[H-].[Mn].[Ru]. The maximum absolute atomic E-state index is 0. The molecule has 0 saturated carbocycles. The standard InChI is InChI=1S/Ca.Mn.H2O.Ru.2H/h;;1H2;;;/q+2;;;;2*-1. The van der Waals surface area contributed by atoms with Crippen molar-refractivity contribution in [3.05, 3.63) is 0 Å². The van der Waals surface area contributed by atoms with Crippen molar-refractivity contribution < 1.29 is 44.9 Å². The van der Waals surface area contributed by atoms with Gasteiger partial charge in [0, 0.05) is 36.5 Å². The van der Waals surface area contributed by atoms with Crippen molar-refractivity contribution >= 4 is 37.7 Å². The molecule has 0 aliphatic heterocycles. The first-order valence-electron chi connectivity index (χ1n) is 0. The predicted octanol–water partition coefficient (Wildman–Crippen LogP) is -0.986. The molecule has 0 bridgehead atoms. The summed E-state index contributed by atoms with van der Waals surface area (Å²) >= 11 is 0. The molecule has 0 aliphatic carbocycles. The van der Waals surface area contributed by atoms with Crippen molar-refractivity contribution in [3.63, 3.8) is 0 Å². The van der Waals surface area contributed by atoms with Gasteiger partial charge in [0.2, 0.25) is 0 Å². The van der Waals surface area contributed by atoms with E-state index >= 15 is 0 Å². The molecular formula is H4CaMnORu. The second-order valence-corrected chi connectivity index (χ2v) is 0. The molecule has 4 heteroatoms. The van der Waals surface area contributed by atoms with Crippen molar-refractivity contribution in [1.29, 1.82) is 0 Å². The van der Waals surface area contributed by atoms with E-state index in [1.165, 1.54) is 0 Å². The van der Waals surface area contributed by atoms with Gasteiger partial charge in [-0.1, -0.05) is 0 Å². The molecule has 0 aromatic heterocycles. The summed E-state index contributed by atoms with van der Waals surface area (Å²) in [5, 5.41) is 0. The van der Waals surface area contributed by atoms with E-state index in [-0.39, 0.29) is 82.6 Å². The summed E-state index contributed by atoms with van der Waals surface area (Å²) in [5.74, 6) is 0. The van der Waals surface area contributed by atoms with Crippen molar-refractivity contribution in [2.75, 3.05) is 0 Å². The monoisotopic (exact) mass is 217 g/mol. The Labute approximate surface area is 81.4 Å². The smallest absolute Gasteiger partial charge is 1.00 e. The van der Waals surface area contributed by atoms with Crippen LogP contribution in [0.3, 0.4) is 0 Å². The average molecular weight is 216 g/mol. The maximum Gasteiger partial charge on any atom is 2.00 e. The van der Waals surface area contributed by atoms with Crippen LogP contribution in [0.5, 0.6) is 0 Å². The quantitative estimate of drug-likeness (QED) is 0.466. The van der Waals surface area contributed by atoms with Crippen LogP contribution in [0.15, 0.2) is 0 Å². The fraction of sp³-hybridized carbons (Fsp3) is 0. The van der Waals surface area contributed by atoms with Crippen molar-refractivity contribution in [2.24, 2.45) is 0 Å². The molecule has 0 aromatic carbocycles. The minimum atomic E-state index is 0. The Morgan fingerprint density at radius 3 is 1.25 bits per heavy atom. The summed E-state index contributed by atoms with van der Waals surface area (Å²) in [6, 6.07) is 0. The van der Waals surface area contributed by atoms with E-state index < -0.39 is 0 Å². The van der Waals surface area contributed by atoms with Crippen molar-refractivity contribution in [3.8, 4) is 0 Å². The third-order valence-corrected chi connectivity index (χ3v) is 0. The molecule has 0 aliphatic rings. The van der Waals surface area contributed by atoms with Crippen LogP contribution in [0.1, 0.15) is 2.85 Å². The molecule has 1 radical (unpaired) electrons. The summed E-state index contributed by atoms with van der Waals surface area (Å²) < 4.78 is 0. The Balaban J connectivity index is 0. The summed E-state index contributed by atoms with van der Waals surface area (Å²) in [6.45, 7) is 0. The minimum Gasteiger partial charge on any atom is -1.00 e. The van der Waals surface area contributed by atoms with Gasteiger partial charge < -0.3 is 8.33 Å². The van der Waals surface area contributed by atoms with Gasteiger partial charge in [-0.15, -0.1) is 0 Å². The fourth-order valence-corrected chi connectivity index (χ4v) is 0. The zero-order valence-corrected chi connectivity index (χ0v) is 7.07. The first-order chi connectivity index (χ1) is 0. The van der Waals surface area contributed by atoms with Crippen LogP contribution in [-0.4, -0.2) is 43.2 Å². The molecule has 0 aromatic rings. The zero-order valence-electron chi connectivity index (χ0n) is 3.94. The van der Waals surface area contributed by atoms with Crippen LogP contribution in [0.2, 0.25) is 0 Å². The summed E-state index contributed by atoms with van der Waals surface area (Å²) in [6.07, 6.45) is 0. The van der Waals surface area contributed by atoms with Gasteiger partial charge in [0.15, 0.2) is 0 Å². The van der Waals surface area contributed by atoms with Gasteiger partial charge in [-0.2, -0.15) is 0 Å². The van der Waals surface area contributed by atoms with Crippen LogP contribution < -0.4 is 0 Å². The Morgan fingerprint density at radius 1 is 1.25 bits per heavy atom. The minimum absolute atomic E-state index is 0. The predicted molar refractivity (Wildman–Crippen MR) is 11.6 cm³/mol. The van der Waals surface area contributed by atoms with E-state index in [0.29, 0.717) is 0 Å². The van der Waals surface area contributed by atoms with E-state index in [2.05, 4.69) is 0 Å². The third-order valence-electron chi connectivity index (χ3n) is 0. The first-order valence-corrected chi connectivity index (χ1v) is 0. The molecule has 0 unspecified atom stereocenters. The largest absolute Gasteiger partial charge is 2.00 e. The maximum atomic E-state index is 0. The van der Waals surface area contributed by atoms with Crippen LogP contribution in [0, 0.1) is 0 Å². The Bertz CT molecular complexity index is 13.5. The Hall–Kier alpha value is 2.36. The van der Waals surface area contributed by atoms with Crippen LogP contribution in [0.4, 0.5) is 0 Å². The fourth-order valence-electron chi connectivity index (χ4n) is 0. The van der Waals surface area contributed by atoms with Crippen LogP contribution in [0.25, 0.3) is 0 Å². The molecule has 0 spiro atoms. The summed E-state index contributed by atoms with van der Waals surface area (Å²) in [7, 11) is 0. The Morgan fingerprint density at radius 2 is 1.25 bits per heavy atom. The molecule has 0 heterocycles. The third kappa shape index (κ3) is 8.84. The number of hydrogen-bond acceptors (Lipinski definition) is 0. The van der Waals surface area contributed by atoms with Gasteiger partial charge in [0.25, 0.3) is 0 Å². The van der Waals surface area contributed by atoms with Crippen molar-refractivity contribution in [1.82, 2.24) is 0 Å². The van der Waals surface area contributed by atoms with Gasteiger partial charge >= 0.3 is 37.7 Å². The molecule has 2 N–H and O–H groups in total. The molecule has 0 saturated heterocycles. The molecule has 27 valence electrons. The molecule has 0 rings (SSSR count). The van der Waals surface area contributed by atoms with Crippen molar-refractivity contribution in [2.45, 2.75) is 0 Å². The van der Waals surface area contributed by atoms with Gasteiger partial charge in [0.05, 0.1) is 0 Å². The molecule has 4 heavy (non-hydrogen) atoms. The van der Waals surface area contributed by atoms with E-state index in [4.69, 9.17) is 0 Å². The second-order valence-electron chi connectivity index (χ2n) is 0. The normalized spacial score (nSPS) is 0. The van der Waals surface area contributed by atoms with E-state index in [0.717, 1.165) is 0 Å². The van der Waals surface area contributed by atoms with Gasteiger partial charge in [-0.25, -0.2) is 0 Å². The summed E-state index contributed by atoms with van der Waals surface area (Å²) in [5.41, 5.74) is 0. The summed E-state index contributed by atoms with van der Waals surface area (Å²) in [4.78, 5) is 0. The molecule has 1 nitrogen and oxygen atoms in total. The molecule has 0 amide bonds. The molecular weight excluding hydrogens is 212 g/mol. The molecule has 0 fully saturated rings. The van der Waals surface area contributed by atoms with E-state index in [9.17, 15) is 0 Å².